The lowest BCUT2D eigenvalue weighted by Crippen LogP contribution is -2.33. The smallest absolute Gasteiger partial charge is 0.321 e. The van der Waals surface area contributed by atoms with Gasteiger partial charge in [-0.05, 0) is 31.0 Å². The average molecular weight is 473 g/mol. The summed E-state index contributed by atoms with van der Waals surface area (Å²) < 4.78 is 31.4. The molecule has 9 heteroatoms. The van der Waals surface area contributed by atoms with Crippen LogP contribution in [0.3, 0.4) is 0 Å². The molecule has 0 spiro atoms. The lowest BCUT2D eigenvalue weighted by atomic mass is 10.1. The molecule has 0 aliphatic carbocycles. The van der Waals surface area contributed by atoms with Crippen LogP contribution in [0.5, 0.6) is 0 Å². The second-order valence-electron chi connectivity index (χ2n) is 7.20. The quantitative estimate of drug-likeness (QED) is 0.346. The first-order valence-electron chi connectivity index (χ1n) is 9.97. The lowest BCUT2D eigenvalue weighted by Gasteiger charge is -2.16. The predicted molar refractivity (Wildman–Crippen MR) is 123 cm³/mol. The number of Topliss-reactive ketones (excluding diaryl/α,β-unsaturated/α-hetero) is 1. The molecule has 3 rings (SSSR count). The van der Waals surface area contributed by atoms with Gasteiger partial charge in [-0.25, -0.2) is 13.4 Å². The van der Waals surface area contributed by atoms with Crippen LogP contribution in [0.4, 0.5) is 0 Å². The van der Waals surface area contributed by atoms with E-state index in [-0.39, 0.29) is 17.3 Å². The molecule has 0 radical (unpaired) electrons. The van der Waals surface area contributed by atoms with Crippen molar-refractivity contribution in [3.63, 3.8) is 0 Å². The SMILES string of the molecule is CCc1ccc(-c2nc(COC(=O)CN(C)S(=O)(=O)c3ccc(C(C)=O)cc3)cs2)cc1. The van der Waals surface area contributed by atoms with E-state index in [1.165, 1.54) is 55.1 Å². The molecule has 7 nitrogen and oxygen atoms in total. The minimum absolute atomic E-state index is 0.00367. The van der Waals surface area contributed by atoms with Crippen LogP contribution in [0.2, 0.25) is 0 Å². The summed E-state index contributed by atoms with van der Waals surface area (Å²) in [6.07, 6.45) is 0.966. The minimum atomic E-state index is -3.89. The molecule has 3 aromatic rings. The monoisotopic (exact) mass is 472 g/mol. The van der Waals surface area contributed by atoms with Crippen LogP contribution in [-0.2, 0) is 32.6 Å². The number of benzene rings is 2. The molecule has 0 saturated heterocycles. The maximum absolute atomic E-state index is 12.7. The van der Waals surface area contributed by atoms with E-state index in [4.69, 9.17) is 4.74 Å². The van der Waals surface area contributed by atoms with E-state index in [0.717, 1.165) is 21.3 Å². The Bertz CT molecular complexity index is 1200. The van der Waals surface area contributed by atoms with E-state index in [9.17, 15) is 18.0 Å². The predicted octanol–water partition coefficient (Wildman–Crippen LogP) is 3.94. The van der Waals surface area contributed by atoms with Gasteiger partial charge in [0.2, 0.25) is 10.0 Å². The van der Waals surface area contributed by atoms with Crippen LogP contribution >= 0.6 is 11.3 Å². The highest BCUT2D eigenvalue weighted by molar-refractivity contribution is 7.89. The molecule has 0 N–H and O–H groups in total. The number of hydrogen-bond donors (Lipinski definition) is 0. The molecular formula is C23H24N2O5S2. The number of nitrogens with zero attached hydrogens (tertiary/aromatic N) is 2. The van der Waals surface area contributed by atoms with Crippen molar-refractivity contribution in [2.45, 2.75) is 31.8 Å². The van der Waals surface area contributed by atoms with Gasteiger partial charge in [-0.3, -0.25) is 9.59 Å². The molecular weight excluding hydrogens is 448 g/mol. The van der Waals surface area contributed by atoms with Crippen molar-refractivity contribution in [3.05, 3.63) is 70.7 Å². The number of thiazole rings is 1. The van der Waals surface area contributed by atoms with Crippen molar-refractivity contribution in [3.8, 4) is 10.6 Å². The van der Waals surface area contributed by atoms with Crippen molar-refractivity contribution >= 4 is 33.1 Å². The Labute approximate surface area is 191 Å². The molecule has 2 aromatic carbocycles. The molecule has 168 valence electrons. The third-order valence-corrected chi connectivity index (χ3v) is 7.62. The Morgan fingerprint density at radius 3 is 2.31 bits per heavy atom. The Morgan fingerprint density at radius 2 is 1.72 bits per heavy atom. The Kier molecular flexibility index (Phi) is 7.55. The van der Waals surface area contributed by atoms with Crippen molar-refractivity contribution < 1.29 is 22.7 Å². The van der Waals surface area contributed by atoms with Gasteiger partial charge in [0, 0.05) is 23.6 Å². The van der Waals surface area contributed by atoms with Gasteiger partial charge in [-0.15, -0.1) is 11.3 Å². The fraction of sp³-hybridized carbons (Fsp3) is 0.261. The van der Waals surface area contributed by atoms with Gasteiger partial charge in [0.25, 0.3) is 0 Å². The van der Waals surface area contributed by atoms with Crippen LogP contribution in [0.15, 0.2) is 58.8 Å². The zero-order chi connectivity index (χ0) is 23.3. The number of ketones is 1. The summed E-state index contributed by atoms with van der Waals surface area (Å²) in [5.41, 5.74) is 3.25. The van der Waals surface area contributed by atoms with Crippen molar-refractivity contribution in [1.29, 1.82) is 0 Å². The van der Waals surface area contributed by atoms with Crippen molar-refractivity contribution in [1.82, 2.24) is 9.29 Å². The number of hydrogen-bond acceptors (Lipinski definition) is 7. The highest BCUT2D eigenvalue weighted by atomic mass is 32.2. The maximum atomic E-state index is 12.7. The maximum Gasteiger partial charge on any atom is 0.321 e. The summed E-state index contributed by atoms with van der Waals surface area (Å²) in [7, 11) is -2.59. The van der Waals surface area contributed by atoms with E-state index in [2.05, 4.69) is 24.0 Å². The zero-order valence-corrected chi connectivity index (χ0v) is 19.7. The van der Waals surface area contributed by atoms with E-state index >= 15 is 0 Å². The first kappa shape index (κ1) is 23.8. The van der Waals surface area contributed by atoms with Gasteiger partial charge in [0.05, 0.1) is 10.6 Å². The Hall–Kier alpha value is -2.88. The van der Waals surface area contributed by atoms with Gasteiger partial charge in [0.1, 0.15) is 18.2 Å². The molecule has 0 unspecified atom stereocenters. The number of aromatic nitrogens is 1. The Balaban J connectivity index is 1.57. The first-order valence-corrected chi connectivity index (χ1v) is 12.3. The van der Waals surface area contributed by atoms with Gasteiger partial charge >= 0.3 is 5.97 Å². The van der Waals surface area contributed by atoms with E-state index in [0.29, 0.717) is 11.3 Å². The van der Waals surface area contributed by atoms with E-state index in [1.54, 1.807) is 0 Å². The molecule has 0 aliphatic heterocycles. The van der Waals surface area contributed by atoms with Gasteiger partial charge in [-0.2, -0.15) is 4.31 Å². The first-order chi connectivity index (χ1) is 15.2. The van der Waals surface area contributed by atoms with Crippen LogP contribution in [0.25, 0.3) is 10.6 Å². The summed E-state index contributed by atoms with van der Waals surface area (Å²) in [5.74, 6) is -0.840. The Morgan fingerprint density at radius 1 is 1.06 bits per heavy atom. The van der Waals surface area contributed by atoms with E-state index in [1.807, 2.05) is 17.5 Å². The summed E-state index contributed by atoms with van der Waals surface area (Å²) >= 11 is 1.45. The van der Waals surface area contributed by atoms with Crippen LogP contribution in [-0.4, -0.2) is 43.1 Å². The topological polar surface area (TPSA) is 93.6 Å². The summed E-state index contributed by atoms with van der Waals surface area (Å²) in [6, 6.07) is 13.7. The summed E-state index contributed by atoms with van der Waals surface area (Å²) in [5, 5.41) is 2.64. The number of esters is 1. The number of aryl methyl sites for hydroxylation is 1. The fourth-order valence-corrected chi connectivity index (χ4v) is 4.82. The van der Waals surface area contributed by atoms with Gasteiger partial charge < -0.3 is 4.74 Å². The summed E-state index contributed by atoms with van der Waals surface area (Å²) in [6.45, 7) is 3.02. The van der Waals surface area contributed by atoms with Crippen molar-refractivity contribution in [2.24, 2.45) is 0 Å². The van der Waals surface area contributed by atoms with Gasteiger partial charge in [-0.1, -0.05) is 43.3 Å². The number of likely N-dealkylation sites (N-methyl/N-ethyl adjacent to an activating group) is 1. The van der Waals surface area contributed by atoms with Crippen LogP contribution < -0.4 is 0 Å². The summed E-state index contributed by atoms with van der Waals surface area (Å²) in [4.78, 5) is 28.0. The molecule has 1 heterocycles. The second-order valence-corrected chi connectivity index (χ2v) is 10.1. The number of ether oxygens (including phenoxy) is 1. The highest BCUT2D eigenvalue weighted by Crippen LogP contribution is 2.24. The van der Waals surface area contributed by atoms with Crippen molar-refractivity contribution in [2.75, 3.05) is 13.6 Å². The molecule has 0 aliphatic rings. The van der Waals surface area contributed by atoms with Crippen LogP contribution in [0.1, 0.15) is 35.5 Å². The largest absolute Gasteiger partial charge is 0.458 e. The van der Waals surface area contributed by atoms with Crippen LogP contribution in [0, 0.1) is 0 Å². The number of carbonyl (C=O) groups is 2. The third-order valence-electron chi connectivity index (χ3n) is 4.86. The number of sulfonamides is 1. The molecule has 1 aromatic heterocycles. The third kappa shape index (κ3) is 5.67. The average Bonchev–Trinajstić information content (AvgIpc) is 3.27. The lowest BCUT2D eigenvalue weighted by molar-refractivity contribution is -0.145. The second kappa shape index (κ2) is 10.2. The molecule has 0 fully saturated rings. The normalized spacial score (nSPS) is 11.5. The highest BCUT2D eigenvalue weighted by Gasteiger charge is 2.24. The number of carbonyl (C=O) groups excluding carboxylic acids is 2. The standard InChI is InChI=1S/C23H24N2O5S2/c1-4-17-5-7-19(8-6-17)23-24-20(15-31-23)14-30-22(27)13-25(3)32(28,29)21-11-9-18(10-12-21)16(2)26/h5-12,15H,4,13-14H2,1-3H3. The fourth-order valence-electron chi connectivity index (χ4n) is 2.90. The van der Waals surface area contributed by atoms with Gasteiger partial charge in [0.15, 0.2) is 5.78 Å². The number of rotatable bonds is 9. The minimum Gasteiger partial charge on any atom is -0.458 e. The molecule has 0 atom stereocenters. The molecule has 0 amide bonds. The molecule has 0 saturated carbocycles. The molecule has 32 heavy (non-hydrogen) atoms. The zero-order valence-electron chi connectivity index (χ0n) is 18.1. The molecule has 0 bridgehead atoms. The van der Waals surface area contributed by atoms with E-state index < -0.39 is 22.5 Å².